The van der Waals surface area contributed by atoms with E-state index in [-0.39, 0.29) is 18.3 Å². The maximum atomic E-state index is 12.7. The number of likely N-dealkylation sites (N-methyl/N-ethyl adjacent to an activating group) is 1. The Balaban J connectivity index is 0.00000288. The molecule has 2 rings (SSSR count). The quantitative estimate of drug-likeness (QED) is 0.813. The monoisotopic (exact) mass is 412 g/mol. The second-order valence-corrected chi connectivity index (χ2v) is 6.63. The fourth-order valence-corrected chi connectivity index (χ4v) is 2.66. The predicted octanol–water partition coefficient (Wildman–Crippen LogP) is 3.71. The molecule has 0 saturated heterocycles. The van der Waals surface area contributed by atoms with Crippen LogP contribution in [0.25, 0.3) is 0 Å². The Morgan fingerprint density at radius 2 is 1.71 bits per heavy atom. The summed E-state index contributed by atoms with van der Waals surface area (Å²) in [6.07, 6.45) is 0. The molecule has 4 nitrogen and oxygen atoms in total. The average molecular weight is 414 g/mol. The highest BCUT2D eigenvalue weighted by Crippen LogP contribution is 2.23. The molecule has 0 aliphatic rings. The van der Waals surface area contributed by atoms with Crippen molar-refractivity contribution in [2.45, 2.75) is 19.0 Å². The van der Waals surface area contributed by atoms with Crippen molar-refractivity contribution in [3.05, 3.63) is 64.1 Å². The lowest BCUT2D eigenvalue weighted by atomic mass is 9.91. The molecule has 2 N–H and O–H groups in total. The van der Waals surface area contributed by atoms with Gasteiger partial charge in [-0.05, 0) is 42.3 Å². The van der Waals surface area contributed by atoms with E-state index < -0.39 is 5.54 Å². The van der Waals surface area contributed by atoms with Gasteiger partial charge >= 0.3 is 0 Å². The van der Waals surface area contributed by atoms with E-state index in [4.69, 9.17) is 10.5 Å². The molecule has 0 radical (unpaired) electrons. The number of rotatable bonds is 5. The smallest absolute Gasteiger partial charge is 0.247 e. The second kappa shape index (κ2) is 8.51. The fourth-order valence-electron chi connectivity index (χ4n) is 2.39. The maximum absolute atomic E-state index is 12.7. The summed E-state index contributed by atoms with van der Waals surface area (Å²) in [5.74, 6) is 0.664. The average Bonchev–Trinajstić information content (AvgIpc) is 2.55. The molecule has 0 fully saturated rings. The normalized spacial score (nSPS) is 12.7. The Hall–Kier alpha value is -1.56. The van der Waals surface area contributed by atoms with E-state index in [9.17, 15) is 4.79 Å². The lowest BCUT2D eigenvalue weighted by Crippen LogP contribution is -2.49. The van der Waals surface area contributed by atoms with E-state index in [0.717, 1.165) is 21.3 Å². The molecule has 6 heteroatoms. The van der Waals surface area contributed by atoms with E-state index in [1.54, 1.807) is 26.0 Å². The molecule has 0 aliphatic carbocycles. The summed E-state index contributed by atoms with van der Waals surface area (Å²) in [6, 6.07) is 15.1. The van der Waals surface area contributed by atoms with Crippen molar-refractivity contribution in [1.82, 2.24) is 4.90 Å². The standard InChI is InChI=1S/C18H21BrN2O2.ClH/c1-18(20,14-6-8-15(19)9-7-14)17(22)21(2)12-13-4-10-16(23-3)11-5-13;/h4-11H,12,20H2,1-3H3;1H. The molecule has 2 aromatic rings. The summed E-state index contributed by atoms with van der Waals surface area (Å²) in [4.78, 5) is 14.4. The number of methoxy groups -OCH3 is 1. The number of amides is 1. The molecule has 2 aromatic carbocycles. The minimum Gasteiger partial charge on any atom is -0.497 e. The molecule has 1 amide bonds. The molecule has 1 atom stereocenters. The highest BCUT2D eigenvalue weighted by Gasteiger charge is 2.33. The topological polar surface area (TPSA) is 55.6 Å². The highest BCUT2D eigenvalue weighted by atomic mass is 79.9. The molecule has 0 saturated carbocycles. The zero-order valence-corrected chi connectivity index (χ0v) is 16.4. The van der Waals surface area contributed by atoms with Crippen molar-refractivity contribution in [2.24, 2.45) is 5.73 Å². The number of hydrogen-bond donors (Lipinski definition) is 1. The predicted molar refractivity (Wildman–Crippen MR) is 102 cm³/mol. The first-order valence-corrected chi connectivity index (χ1v) is 8.07. The van der Waals surface area contributed by atoms with E-state index in [1.165, 1.54) is 0 Å². The number of ether oxygens (including phenoxy) is 1. The van der Waals surface area contributed by atoms with E-state index in [0.29, 0.717) is 6.54 Å². The van der Waals surface area contributed by atoms with Crippen molar-refractivity contribution in [1.29, 1.82) is 0 Å². The Kier molecular flexibility index (Phi) is 7.27. The zero-order valence-electron chi connectivity index (χ0n) is 14.0. The van der Waals surface area contributed by atoms with Crippen molar-refractivity contribution in [3.63, 3.8) is 0 Å². The van der Waals surface area contributed by atoms with Gasteiger partial charge in [-0.25, -0.2) is 0 Å². The Morgan fingerprint density at radius 1 is 1.17 bits per heavy atom. The van der Waals surface area contributed by atoms with Gasteiger partial charge in [0, 0.05) is 18.1 Å². The number of carbonyl (C=O) groups excluding carboxylic acids is 1. The fraction of sp³-hybridized carbons (Fsp3) is 0.278. The number of nitrogens with two attached hydrogens (primary N) is 1. The van der Waals surface area contributed by atoms with Crippen LogP contribution in [0, 0.1) is 0 Å². The molecular weight excluding hydrogens is 392 g/mol. The number of nitrogens with zero attached hydrogens (tertiary/aromatic N) is 1. The number of hydrogen-bond acceptors (Lipinski definition) is 3. The van der Waals surface area contributed by atoms with Crippen LogP contribution >= 0.6 is 28.3 Å². The zero-order chi connectivity index (χ0) is 17.0. The Bertz CT molecular complexity index is 672. The van der Waals surface area contributed by atoms with Crippen molar-refractivity contribution in [3.8, 4) is 5.75 Å². The van der Waals surface area contributed by atoms with Crippen LogP contribution in [0.2, 0.25) is 0 Å². The third-order valence-electron chi connectivity index (χ3n) is 3.81. The van der Waals surface area contributed by atoms with Gasteiger partial charge in [-0.3, -0.25) is 4.79 Å². The minimum absolute atomic E-state index is 0. The lowest BCUT2D eigenvalue weighted by molar-refractivity contribution is -0.136. The summed E-state index contributed by atoms with van der Waals surface area (Å²) in [5, 5.41) is 0. The van der Waals surface area contributed by atoms with Gasteiger partial charge in [0.05, 0.1) is 7.11 Å². The lowest BCUT2D eigenvalue weighted by Gasteiger charge is -2.30. The van der Waals surface area contributed by atoms with Crippen LogP contribution in [0.3, 0.4) is 0 Å². The van der Waals surface area contributed by atoms with Crippen LogP contribution < -0.4 is 10.5 Å². The summed E-state index contributed by atoms with van der Waals surface area (Å²) in [7, 11) is 3.39. The largest absolute Gasteiger partial charge is 0.497 e. The first-order chi connectivity index (χ1) is 10.8. The molecule has 0 bridgehead atoms. The molecule has 0 aliphatic heterocycles. The van der Waals surface area contributed by atoms with Crippen LogP contribution in [0.4, 0.5) is 0 Å². The van der Waals surface area contributed by atoms with Gasteiger partial charge in [0.1, 0.15) is 11.3 Å². The maximum Gasteiger partial charge on any atom is 0.247 e. The summed E-state index contributed by atoms with van der Waals surface area (Å²) in [5.41, 5.74) is 7.04. The van der Waals surface area contributed by atoms with Crippen LogP contribution in [0.1, 0.15) is 18.1 Å². The van der Waals surface area contributed by atoms with Crippen molar-refractivity contribution in [2.75, 3.05) is 14.2 Å². The van der Waals surface area contributed by atoms with Crippen LogP contribution in [-0.2, 0) is 16.9 Å². The number of carbonyl (C=O) groups is 1. The van der Waals surface area contributed by atoms with Gasteiger partial charge in [-0.1, -0.05) is 40.2 Å². The number of halogens is 2. The number of benzene rings is 2. The van der Waals surface area contributed by atoms with Crippen molar-refractivity contribution >= 4 is 34.2 Å². The van der Waals surface area contributed by atoms with E-state index in [1.807, 2.05) is 48.5 Å². The molecule has 1 unspecified atom stereocenters. The van der Waals surface area contributed by atoms with Gasteiger partial charge in [0.15, 0.2) is 0 Å². The first kappa shape index (κ1) is 20.5. The molecule has 24 heavy (non-hydrogen) atoms. The van der Waals surface area contributed by atoms with Gasteiger partial charge in [-0.15, -0.1) is 12.4 Å². The molecular formula is C18H22BrClN2O2. The Morgan fingerprint density at radius 3 is 2.21 bits per heavy atom. The highest BCUT2D eigenvalue weighted by molar-refractivity contribution is 9.10. The van der Waals surface area contributed by atoms with Gasteiger partial charge in [0.2, 0.25) is 5.91 Å². The van der Waals surface area contributed by atoms with E-state index >= 15 is 0 Å². The molecule has 0 spiro atoms. The van der Waals surface area contributed by atoms with Crippen molar-refractivity contribution < 1.29 is 9.53 Å². The third kappa shape index (κ3) is 4.72. The van der Waals surface area contributed by atoms with Gasteiger partial charge in [-0.2, -0.15) is 0 Å². The van der Waals surface area contributed by atoms with Crippen LogP contribution in [0.5, 0.6) is 5.75 Å². The van der Waals surface area contributed by atoms with Gasteiger partial charge in [0.25, 0.3) is 0 Å². The third-order valence-corrected chi connectivity index (χ3v) is 4.34. The molecule has 130 valence electrons. The summed E-state index contributed by atoms with van der Waals surface area (Å²) >= 11 is 3.39. The Labute approximate surface area is 157 Å². The van der Waals surface area contributed by atoms with Crippen LogP contribution in [-0.4, -0.2) is 25.0 Å². The first-order valence-electron chi connectivity index (χ1n) is 7.28. The van der Waals surface area contributed by atoms with E-state index in [2.05, 4.69) is 15.9 Å². The molecule has 0 aromatic heterocycles. The summed E-state index contributed by atoms with van der Waals surface area (Å²) < 4.78 is 6.09. The SMILES string of the molecule is COc1ccc(CN(C)C(=O)C(C)(N)c2ccc(Br)cc2)cc1.Cl. The summed E-state index contributed by atoms with van der Waals surface area (Å²) in [6.45, 7) is 2.23. The minimum atomic E-state index is -1.07. The molecule has 0 heterocycles. The van der Waals surface area contributed by atoms with Crippen LogP contribution in [0.15, 0.2) is 53.0 Å². The van der Waals surface area contributed by atoms with Gasteiger partial charge < -0.3 is 15.4 Å². The second-order valence-electron chi connectivity index (χ2n) is 5.72.